The van der Waals surface area contributed by atoms with E-state index in [2.05, 4.69) is 11.3 Å². The highest BCUT2D eigenvalue weighted by atomic mass is 127. The maximum absolute atomic E-state index is 13.1. The molecule has 0 spiro atoms. The predicted molar refractivity (Wildman–Crippen MR) is 125 cm³/mol. The molecule has 5 unspecified atom stereocenters. The van der Waals surface area contributed by atoms with Gasteiger partial charge in [-0.25, -0.2) is 9.59 Å². The summed E-state index contributed by atoms with van der Waals surface area (Å²) in [4.78, 5) is 36.9. The number of halogens is 4. The summed E-state index contributed by atoms with van der Waals surface area (Å²) in [6, 6.07) is 4.42. The molecule has 0 aliphatic heterocycles. The van der Waals surface area contributed by atoms with Crippen molar-refractivity contribution in [2.75, 3.05) is 5.75 Å². The lowest BCUT2D eigenvalue weighted by Gasteiger charge is -2.28. The number of carbonyl (C=O) groups is 3. The van der Waals surface area contributed by atoms with E-state index in [-0.39, 0.29) is 35.6 Å². The first-order valence-corrected chi connectivity index (χ1v) is 13.3. The molecule has 0 heterocycles. The van der Waals surface area contributed by atoms with E-state index in [0.717, 1.165) is 0 Å². The van der Waals surface area contributed by atoms with Crippen molar-refractivity contribution in [1.29, 1.82) is 0 Å². The highest BCUT2D eigenvalue weighted by Gasteiger charge is 2.53. The molecule has 0 saturated heterocycles. The van der Waals surface area contributed by atoms with Crippen LogP contribution in [0.15, 0.2) is 30.4 Å². The zero-order valence-corrected chi connectivity index (χ0v) is 21.8. The molecule has 0 radical (unpaired) electrons. The smallest absolute Gasteiger partial charge is 0.426 e. The van der Waals surface area contributed by atoms with E-state index in [4.69, 9.17) is 14.0 Å². The summed E-state index contributed by atoms with van der Waals surface area (Å²) in [5.41, 5.74) is 0.326. The quantitative estimate of drug-likeness (QED) is 0.148. The first-order valence-electron chi connectivity index (χ1n) is 10.7. The first kappa shape index (κ1) is 28.4. The molecule has 3 rings (SSSR count). The van der Waals surface area contributed by atoms with E-state index < -0.39 is 64.0 Å². The summed E-state index contributed by atoms with van der Waals surface area (Å²) in [7, 11) is -5.04. The van der Waals surface area contributed by atoms with Crippen molar-refractivity contribution in [3.8, 4) is 5.75 Å². The Morgan fingerprint density at radius 2 is 1.86 bits per heavy atom. The number of carbonyl (C=O) groups excluding carboxylic acids is 3. The number of benzene rings is 1. The third-order valence-electron chi connectivity index (χ3n) is 6.06. The van der Waals surface area contributed by atoms with E-state index in [1.807, 2.05) is 22.6 Å². The Bertz CT molecular complexity index is 1180. The van der Waals surface area contributed by atoms with Gasteiger partial charge in [-0.3, -0.25) is 9.35 Å². The van der Waals surface area contributed by atoms with Gasteiger partial charge in [-0.15, -0.1) is 0 Å². The zero-order chi connectivity index (χ0) is 27.0. The Labute approximate surface area is 218 Å². The molecule has 198 valence electrons. The van der Waals surface area contributed by atoms with Crippen LogP contribution in [0.2, 0.25) is 0 Å². The number of esters is 3. The molecule has 1 aromatic carbocycles. The molecular weight excluding hydrogens is 624 g/mol. The molecule has 0 aromatic heterocycles. The summed E-state index contributed by atoms with van der Waals surface area (Å²) in [5.74, 6) is -5.86. The second kappa shape index (κ2) is 10.7. The molecule has 2 aliphatic rings. The molecule has 2 aliphatic carbocycles. The largest absolute Gasteiger partial charge is 0.458 e. The van der Waals surface area contributed by atoms with Crippen LogP contribution in [-0.2, 0) is 29.2 Å². The average Bonchev–Trinajstić information content (AvgIpc) is 3.33. The predicted octanol–water partition coefficient (Wildman–Crippen LogP) is 3.71. The minimum Gasteiger partial charge on any atom is -0.458 e. The van der Waals surface area contributed by atoms with E-state index in [1.54, 1.807) is 6.07 Å². The van der Waals surface area contributed by atoms with Gasteiger partial charge in [0, 0.05) is 9.14 Å². The topological polar surface area (TPSA) is 133 Å². The van der Waals surface area contributed by atoms with Crippen LogP contribution >= 0.6 is 22.6 Å². The number of hydrogen-bond acceptors (Lipinski definition) is 8. The molecule has 9 nitrogen and oxygen atoms in total. The number of alkyl halides is 3. The molecule has 2 bridgehead atoms. The van der Waals surface area contributed by atoms with Crippen LogP contribution in [0.25, 0.3) is 0 Å². The van der Waals surface area contributed by atoms with E-state index in [0.29, 0.717) is 9.99 Å². The van der Waals surface area contributed by atoms with Gasteiger partial charge in [0.2, 0.25) is 6.10 Å². The van der Waals surface area contributed by atoms with Gasteiger partial charge in [0.1, 0.15) is 17.6 Å². The van der Waals surface area contributed by atoms with Crippen molar-refractivity contribution in [2.24, 2.45) is 17.8 Å². The molecule has 36 heavy (non-hydrogen) atoms. The number of fused-ring (bicyclic) bond motifs is 2. The lowest BCUT2D eigenvalue weighted by molar-refractivity contribution is -0.218. The van der Waals surface area contributed by atoms with Gasteiger partial charge in [-0.05, 0) is 78.8 Å². The van der Waals surface area contributed by atoms with Crippen LogP contribution < -0.4 is 4.74 Å². The molecular formula is C22H22F3IO9S. The second-order valence-corrected chi connectivity index (χ2v) is 11.5. The van der Waals surface area contributed by atoms with Gasteiger partial charge in [-0.1, -0.05) is 6.58 Å². The highest BCUT2D eigenvalue weighted by molar-refractivity contribution is 14.1. The van der Waals surface area contributed by atoms with Crippen LogP contribution in [0.4, 0.5) is 13.2 Å². The van der Waals surface area contributed by atoms with Crippen LogP contribution in [0.5, 0.6) is 5.75 Å². The molecule has 1 N–H and O–H groups in total. The van der Waals surface area contributed by atoms with Crippen LogP contribution in [0.3, 0.4) is 0 Å². The third-order valence-corrected chi connectivity index (χ3v) is 7.72. The summed E-state index contributed by atoms with van der Waals surface area (Å²) in [5, 5.41) is 0. The first-order chi connectivity index (χ1) is 16.5. The summed E-state index contributed by atoms with van der Waals surface area (Å²) >= 11 is 1.92. The number of ether oxygens (including phenoxy) is 3. The van der Waals surface area contributed by atoms with Gasteiger partial charge >= 0.3 is 24.1 Å². The number of hydrogen-bond donors (Lipinski definition) is 1. The standard InChI is InChI=1S/C22H22F3IO9S/c1-10(2)19(27)33-13-3-4-16(26)15(8-13)21(29)34-17-7-11-5-12(17)6-14(11)20(28)35-18(22(23,24)25)9-36(30,31)32/h3-4,8,11-12,14,17-18H,1,5-7,9H2,2H3,(H,30,31,32). The van der Waals surface area contributed by atoms with Crippen molar-refractivity contribution < 1.29 is 54.7 Å². The van der Waals surface area contributed by atoms with Crippen molar-refractivity contribution in [3.63, 3.8) is 0 Å². The van der Waals surface area contributed by atoms with E-state index in [1.165, 1.54) is 19.1 Å². The fourth-order valence-corrected chi connectivity index (χ4v) is 5.58. The van der Waals surface area contributed by atoms with Crippen molar-refractivity contribution in [1.82, 2.24) is 0 Å². The molecule has 1 aromatic rings. The summed E-state index contributed by atoms with van der Waals surface area (Å²) < 4.78 is 85.5. The Hall–Kier alpha value is -2.20. The highest BCUT2D eigenvalue weighted by Crippen LogP contribution is 2.50. The Kier molecular flexibility index (Phi) is 8.40. The Morgan fingerprint density at radius 1 is 1.19 bits per heavy atom. The van der Waals surface area contributed by atoms with Gasteiger partial charge in [0.15, 0.2) is 0 Å². The molecule has 2 saturated carbocycles. The molecule has 14 heteroatoms. The second-order valence-electron chi connectivity index (χ2n) is 8.80. The van der Waals surface area contributed by atoms with Gasteiger partial charge < -0.3 is 14.2 Å². The fourth-order valence-electron chi connectivity index (χ4n) is 4.39. The van der Waals surface area contributed by atoms with Crippen LogP contribution in [0.1, 0.15) is 36.5 Å². The van der Waals surface area contributed by atoms with Gasteiger partial charge in [-0.2, -0.15) is 21.6 Å². The lowest BCUT2D eigenvalue weighted by atomic mass is 9.87. The maximum Gasteiger partial charge on any atom is 0.426 e. The van der Waals surface area contributed by atoms with Crippen molar-refractivity contribution in [2.45, 2.75) is 44.6 Å². The van der Waals surface area contributed by atoms with Gasteiger partial charge in [0.25, 0.3) is 10.1 Å². The van der Waals surface area contributed by atoms with Crippen LogP contribution in [-0.4, -0.2) is 55.0 Å². The fraction of sp³-hybridized carbons (Fsp3) is 0.500. The van der Waals surface area contributed by atoms with Gasteiger partial charge in [0.05, 0.1) is 11.5 Å². The minimum atomic E-state index is -5.18. The maximum atomic E-state index is 13.1. The zero-order valence-electron chi connectivity index (χ0n) is 18.8. The minimum absolute atomic E-state index is 0.102. The Morgan fingerprint density at radius 3 is 2.39 bits per heavy atom. The summed E-state index contributed by atoms with van der Waals surface area (Å²) in [6.45, 7) is 4.96. The van der Waals surface area contributed by atoms with Crippen molar-refractivity contribution in [3.05, 3.63) is 39.5 Å². The van der Waals surface area contributed by atoms with E-state index in [9.17, 15) is 36.0 Å². The summed E-state index contributed by atoms with van der Waals surface area (Å²) in [6.07, 6.45) is -8.01. The third kappa shape index (κ3) is 6.97. The number of rotatable bonds is 8. The lowest BCUT2D eigenvalue weighted by Crippen LogP contribution is -2.42. The normalized spacial score (nSPS) is 24.2. The van der Waals surface area contributed by atoms with Crippen molar-refractivity contribution >= 4 is 50.6 Å². The SMILES string of the molecule is C=C(C)C(=O)Oc1ccc(I)c(C(=O)OC2CC3CC2CC3C(=O)OC(CS(=O)(=O)O)C(F)(F)F)c1. The monoisotopic (exact) mass is 646 g/mol. The van der Waals surface area contributed by atoms with Crippen LogP contribution in [0, 0.1) is 21.3 Å². The van der Waals surface area contributed by atoms with E-state index >= 15 is 0 Å². The molecule has 0 amide bonds. The average molecular weight is 646 g/mol. The molecule has 2 fully saturated rings. The Balaban J connectivity index is 1.62. The molecule has 5 atom stereocenters.